The van der Waals surface area contributed by atoms with Crippen molar-refractivity contribution in [3.05, 3.63) is 29.8 Å². The van der Waals surface area contributed by atoms with Crippen LogP contribution in [0.15, 0.2) is 24.3 Å². The van der Waals surface area contributed by atoms with E-state index < -0.39 is 0 Å². The van der Waals surface area contributed by atoms with Gasteiger partial charge >= 0.3 is 0 Å². The molecule has 1 aliphatic heterocycles. The van der Waals surface area contributed by atoms with Gasteiger partial charge in [0.25, 0.3) is 0 Å². The average Bonchev–Trinajstić information content (AvgIpc) is 3.00. The lowest BCUT2D eigenvalue weighted by Gasteiger charge is -2.28. The number of hydrogen-bond donors (Lipinski definition) is 1. The molecule has 5 nitrogen and oxygen atoms in total. The monoisotopic (exact) mass is 273 g/mol. The summed E-state index contributed by atoms with van der Waals surface area (Å²) in [6.45, 7) is 3.31. The zero-order chi connectivity index (χ0) is 14.5. The van der Waals surface area contributed by atoms with Gasteiger partial charge in [0.1, 0.15) is 0 Å². The number of nitriles is 1. The number of nitrogens with one attached hydrogen (secondary N) is 1. The third-order valence-electron chi connectivity index (χ3n) is 3.73. The summed E-state index contributed by atoms with van der Waals surface area (Å²) in [4.78, 5) is 14.3. The van der Waals surface area contributed by atoms with Gasteiger partial charge < -0.3 is 10.1 Å². The van der Waals surface area contributed by atoms with E-state index in [-0.39, 0.29) is 11.9 Å². The van der Waals surface area contributed by atoms with Gasteiger partial charge in [0.2, 0.25) is 5.91 Å². The lowest BCUT2D eigenvalue weighted by atomic mass is 10.1. The van der Waals surface area contributed by atoms with E-state index in [9.17, 15) is 4.79 Å². The van der Waals surface area contributed by atoms with Crippen molar-refractivity contribution in [1.29, 1.82) is 5.26 Å². The predicted molar refractivity (Wildman–Crippen MR) is 76.2 cm³/mol. The minimum atomic E-state index is -0.243. The van der Waals surface area contributed by atoms with Crippen LogP contribution in [0.5, 0.6) is 0 Å². The maximum Gasteiger partial charge on any atom is 0.241 e. The van der Waals surface area contributed by atoms with Gasteiger partial charge in [-0.05, 0) is 38.6 Å². The van der Waals surface area contributed by atoms with Crippen molar-refractivity contribution in [1.82, 2.24) is 4.90 Å². The van der Waals surface area contributed by atoms with Crippen molar-refractivity contribution in [3.8, 4) is 6.07 Å². The Labute approximate surface area is 119 Å². The van der Waals surface area contributed by atoms with Crippen LogP contribution in [0.3, 0.4) is 0 Å². The molecule has 1 amide bonds. The molecule has 0 radical (unpaired) electrons. The molecule has 2 unspecified atom stereocenters. The summed E-state index contributed by atoms with van der Waals surface area (Å²) >= 11 is 0. The SMILES string of the molecule is CC(C(=O)Nc1cccc(C#N)c1)N(C)C1CCOC1. The summed E-state index contributed by atoms with van der Waals surface area (Å²) in [5.74, 6) is -0.0745. The van der Waals surface area contributed by atoms with Crippen LogP contribution < -0.4 is 5.32 Å². The third kappa shape index (κ3) is 3.35. The van der Waals surface area contributed by atoms with E-state index in [4.69, 9.17) is 10.00 Å². The quantitative estimate of drug-likeness (QED) is 0.905. The number of carbonyl (C=O) groups is 1. The number of benzene rings is 1. The minimum absolute atomic E-state index is 0.0745. The first-order chi connectivity index (χ1) is 9.61. The molecule has 0 aromatic heterocycles. The number of amides is 1. The number of nitrogens with zero attached hydrogens (tertiary/aromatic N) is 2. The van der Waals surface area contributed by atoms with Gasteiger partial charge in [-0.1, -0.05) is 6.07 Å². The Hall–Kier alpha value is -1.90. The predicted octanol–water partition coefficient (Wildman–Crippen LogP) is 1.61. The highest BCUT2D eigenvalue weighted by molar-refractivity contribution is 5.94. The number of rotatable bonds is 4. The molecule has 0 aliphatic carbocycles. The Morgan fingerprint density at radius 3 is 3.05 bits per heavy atom. The molecule has 20 heavy (non-hydrogen) atoms. The molecular weight excluding hydrogens is 254 g/mol. The summed E-state index contributed by atoms with van der Waals surface area (Å²) in [5.41, 5.74) is 1.19. The maximum atomic E-state index is 12.2. The lowest BCUT2D eigenvalue weighted by Crippen LogP contribution is -2.45. The number of likely N-dealkylation sites (N-methyl/N-ethyl adjacent to an activating group) is 1. The maximum absolute atomic E-state index is 12.2. The average molecular weight is 273 g/mol. The van der Waals surface area contributed by atoms with Crippen molar-refractivity contribution in [3.63, 3.8) is 0 Å². The van der Waals surface area contributed by atoms with Crippen molar-refractivity contribution in [2.45, 2.75) is 25.4 Å². The van der Waals surface area contributed by atoms with Crippen LogP contribution in [0, 0.1) is 11.3 Å². The van der Waals surface area contributed by atoms with Gasteiger partial charge in [0.05, 0.1) is 24.3 Å². The summed E-state index contributed by atoms with van der Waals surface area (Å²) in [7, 11) is 1.94. The second kappa shape index (κ2) is 6.51. The second-order valence-corrected chi connectivity index (χ2v) is 5.04. The molecule has 0 spiro atoms. The molecule has 1 aromatic rings. The topological polar surface area (TPSA) is 65.4 Å². The molecule has 1 saturated heterocycles. The second-order valence-electron chi connectivity index (χ2n) is 5.04. The third-order valence-corrected chi connectivity index (χ3v) is 3.73. The molecule has 1 N–H and O–H groups in total. The van der Waals surface area contributed by atoms with E-state index in [0.717, 1.165) is 13.0 Å². The van der Waals surface area contributed by atoms with E-state index in [2.05, 4.69) is 11.4 Å². The fraction of sp³-hybridized carbons (Fsp3) is 0.467. The van der Waals surface area contributed by atoms with Gasteiger partial charge in [-0.3, -0.25) is 9.69 Å². The molecule has 1 heterocycles. The number of anilines is 1. The number of hydrogen-bond acceptors (Lipinski definition) is 4. The molecule has 2 rings (SSSR count). The summed E-state index contributed by atoms with van der Waals surface area (Å²) in [6.07, 6.45) is 0.956. The first-order valence-corrected chi connectivity index (χ1v) is 6.72. The highest BCUT2D eigenvalue weighted by Crippen LogP contribution is 2.15. The zero-order valence-electron chi connectivity index (χ0n) is 11.8. The highest BCUT2D eigenvalue weighted by Gasteiger charge is 2.27. The van der Waals surface area contributed by atoms with Crippen LogP contribution in [0.4, 0.5) is 5.69 Å². The van der Waals surface area contributed by atoms with E-state index in [1.807, 2.05) is 18.9 Å². The van der Waals surface area contributed by atoms with Crippen LogP contribution in [-0.4, -0.2) is 43.2 Å². The standard InChI is InChI=1S/C15H19N3O2/c1-11(18(2)14-6-7-20-10-14)15(19)17-13-5-3-4-12(8-13)9-16/h3-5,8,11,14H,6-7,10H2,1-2H3,(H,17,19). The van der Waals surface area contributed by atoms with Crippen LogP contribution in [0.25, 0.3) is 0 Å². The van der Waals surface area contributed by atoms with E-state index in [0.29, 0.717) is 23.9 Å². The van der Waals surface area contributed by atoms with Crippen LogP contribution in [-0.2, 0) is 9.53 Å². The Bertz CT molecular complexity index is 518. The smallest absolute Gasteiger partial charge is 0.241 e. The molecule has 1 aliphatic rings. The van der Waals surface area contributed by atoms with Crippen molar-refractivity contribution >= 4 is 11.6 Å². The number of carbonyl (C=O) groups excluding carboxylic acids is 1. The minimum Gasteiger partial charge on any atom is -0.380 e. The van der Waals surface area contributed by atoms with E-state index in [1.165, 1.54) is 0 Å². The lowest BCUT2D eigenvalue weighted by molar-refractivity contribution is -0.121. The summed E-state index contributed by atoms with van der Waals surface area (Å²) < 4.78 is 5.35. The molecule has 5 heteroatoms. The largest absolute Gasteiger partial charge is 0.380 e. The zero-order valence-corrected chi connectivity index (χ0v) is 11.8. The fourth-order valence-electron chi connectivity index (χ4n) is 2.26. The van der Waals surface area contributed by atoms with Gasteiger partial charge in [0.15, 0.2) is 0 Å². The first kappa shape index (κ1) is 14.5. The fourth-order valence-corrected chi connectivity index (χ4v) is 2.26. The molecule has 1 fully saturated rings. The molecule has 2 atom stereocenters. The van der Waals surface area contributed by atoms with Crippen LogP contribution in [0.2, 0.25) is 0 Å². The Kier molecular flexibility index (Phi) is 4.72. The highest BCUT2D eigenvalue weighted by atomic mass is 16.5. The Morgan fingerprint density at radius 2 is 2.40 bits per heavy atom. The molecule has 0 saturated carbocycles. The normalized spacial score (nSPS) is 19.6. The van der Waals surface area contributed by atoms with Crippen molar-refractivity contribution < 1.29 is 9.53 Å². The summed E-state index contributed by atoms with van der Waals surface area (Å²) in [5, 5.41) is 11.7. The van der Waals surface area contributed by atoms with Crippen molar-refractivity contribution in [2.24, 2.45) is 0 Å². The summed E-state index contributed by atoms with van der Waals surface area (Å²) in [6, 6.07) is 9.03. The molecular formula is C15H19N3O2. The van der Waals surface area contributed by atoms with Gasteiger partial charge in [-0.25, -0.2) is 0 Å². The van der Waals surface area contributed by atoms with Crippen molar-refractivity contribution in [2.75, 3.05) is 25.6 Å². The first-order valence-electron chi connectivity index (χ1n) is 6.72. The molecule has 0 bridgehead atoms. The Morgan fingerprint density at radius 1 is 1.60 bits per heavy atom. The van der Waals surface area contributed by atoms with Gasteiger partial charge in [0, 0.05) is 18.3 Å². The van der Waals surface area contributed by atoms with Gasteiger partial charge in [-0.15, -0.1) is 0 Å². The van der Waals surface area contributed by atoms with E-state index >= 15 is 0 Å². The molecule has 106 valence electrons. The van der Waals surface area contributed by atoms with E-state index in [1.54, 1.807) is 24.3 Å². The van der Waals surface area contributed by atoms with Gasteiger partial charge in [-0.2, -0.15) is 5.26 Å². The number of ether oxygens (including phenoxy) is 1. The van der Waals surface area contributed by atoms with Crippen LogP contribution in [0.1, 0.15) is 18.9 Å². The Balaban J connectivity index is 1.98. The molecule has 1 aromatic carbocycles. The van der Waals surface area contributed by atoms with Crippen LogP contribution >= 0.6 is 0 Å².